The van der Waals surface area contributed by atoms with Gasteiger partial charge >= 0.3 is 0 Å². The molecule has 2 aromatic heterocycles. The molecule has 0 atom stereocenters. The fraction of sp³-hybridized carbons (Fsp3) is 0.391. The molecule has 0 saturated heterocycles. The highest BCUT2D eigenvalue weighted by atomic mass is 16.2. The Hall–Kier alpha value is -3.22. The number of anilines is 1. The number of nitrogens with zero attached hydrogens (tertiary/aromatic N) is 3. The first-order valence-electron chi connectivity index (χ1n) is 10.2. The number of hydrogen-bond donors (Lipinski definition) is 2. The normalized spacial score (nSPS) is 11.7. The van der Waals surface area contributed by atoms with Gasteiger partial charge in [0.15, 0.2) is 0 Å². The van der Waals surface area contributed by atoms with Crippen LogP contribution >= 0.6 is 0 Å². The van der Waals surface area contributed by atoms with Crippen molar-refractivity contribution in [3.8, 4) is 0 Å². The first kappa shape index (κ1) is 21.5. The minimum Gasteiger partial charge on any atom is -0.350 e. The molecule has 1 aromatic carbocycles. The van der Waals surface area contributed by atoms with Crippen LogP contribution in [0.25, 0.3) is 11.0 Å². The molecular formula is C23H29N5O2. The van der Waals surface area contributed by atoms with E-state index in [4.69, 9.17) is 0 Å². The number of fused-ring (bicyclic) bond motifs is 1. The lowest BCUT2D eigenvalue weighted by Gasteiger charge is -2.22. The van der Waals surface area contributed by atoms with Crippen LogP contribution in [0.5, 0.6) is 0 Å². The Bertz CT molecular complexity index is 1080. The van der Waals surface area contributed by atoms with E-state index in [0.29, 0.717) is 22.2 Å². The third kappa shape index (κ3) is 4.50. The number of amides is 2. The topological polar surface area (TPSA) is 88.9 Å². The van der Waals surface area contributed by atoms with Gasteiger partial charge in [-0.1, -0.05) is 19.1 Å². The molecule has 0 bridgehead atoms. The zero-order valence-electron chi connectivity index (χ0n) is 18.4. The lowest BCUT2D eigenvalue weighted by Crippen LogP contribution is -2.30. The summed E-state index contributed by atoms with van der Waals surface area (Å²) in [5.74, 6) is -0.246. The van der Waals surface area contributed by atoms with Gasteiger partial charge in [-0.15, -0.1) is 0 Å². The predicted octanol–water partition coefficient (Wildman–Crippen LogP) is 4.14. The summed E-state index contributed by atoms with van der Waals surface area (Å²) in [5, 5.41) is 6.32. The Balaban J connectivity index is 1.97. The predicted molar refractivity (Wildman–Crippen MR) is 119 cm³/mol. The zero-order chi connectivity index (χ0) is 22.1. The molecule has 0 spiro atoms. The summed E-state index contributed by atoms with van der Waals surface area (Å²) < 4.78 is 1.94. The van der Waals surface area contributed by atoms with Gasteiger partial charge in [0.05, 0.1) is 10.9 Å². The van der Waals surface area contributed by atoms with E-state index in [2.05, 4.69) is 27.5 Å². The minimum atomic E-state index is -0.305. The standard InChI is InChI=1S/C23H29N5O2/c1-7-15-8-10-16(11-9-15)20(29)27-22-24-12-17-18(21(30)25-14(2)3)13-28(19(17)26-22)23(4,5)6/h8-14H,7H2,1-6H3,(H,25,30)(H,24,26,27,29). The van der Waals surface area contributed by atoms with E-state index >= 15 is 0 Å². The molecule has 7 heteroatoms. The van der Waals surface area contributed by atoms with Gasteiger partial charge in [-0.25, -0.2) is 4.98 Å². The lowest BCUT2D eigenvalue weighted by molar-refractivity contribution is 0.0943. The van der Waals surface area contributed by atoms with E-state index in [1.807, 2.05) is 51.3 Å². The maximum atomic E-state index is 12.7. The van der Waals surface area contributed by atoms with Crippen LogP contribution in [-0.2, 0) is 12.0 Å². The van der Waals surface area contributed by atoms with Crippen LogP contribution in [-0.4, -0.2) is 32.4 Å². The third-order valence-electron chi connectivity index (χ3n) is 4.78. The third-order valence-corrected chi connectivity index (χ3v) is 4.78. The number of carbonyl (C=O) groups is 2. The molecule has 0 fully saturated rings. The number of carbonyl (C=O) groups excluding carboxylic acids is 2. The van der Waals surface area contributed by atoms with Gasteiger partial charge in [0.1, 0.15) is 5.65 Å². The van der Waals surface area contributed by atoms with E-state index in [0.717, 1.165) is 6.42 Å². The smallest absolute Gasteiger partial charge is 0.258 e. The van der Waals surface area contributed by atoms with E-state index in [9.17, 15) is 9.59 Å². The summed E-state index contributed by atoms with van der Waals surface area (Å²) in [7, 11) is 0. The van der Waals surface area contributed by atoms with Gasteiger partial charge in [-0.2, -0.15) is 4.98 Å². The number of nitrogens with one attached hydrogen (secondary N) is 2. The Morgan fingerprint density at radius 1 is 1.10 bits per heavy atom. The van der Waals surface area contributed by atoms with Crippen molar-refractivity contribution in [1.82, 2.24) is 19.9 Å². The molecule has 2 amide bonds. The van der Waals surface area contributed by atoms with Crippen molar-refractivity contribution < 1.29 is 9.59 Å². The zero-order valence-corrected chi connectivity index (χ0v) is 18.4. The van der Waals surface area contributed by atoms with Crippen molar-refractivity contribution >= 4 is 28.8 Å². The van der Waals surface area contributed by atoms with Crippen LogP contribution in [0.3, 0.4) is 0 Å². The maximum Gasteiger partial charge on any atom is 0.258 e. The SMILES string of the molecule is CCc1ccc(C(=O)Nc2ncc3c(C(=O)NC(C)C)cn(C(C)(C)C)c3n2)cc1. The van der Waals surface area contributed by atoms with Gasteiger partial charge < -0.3 is 9.88 Å². The molecule has 3 aromatic rings. The Labute approximate surface area is 176 Å². The molecule has 0 unspecified atom stereocenters. The van der Waals surface area contributed by atoms with Crippen LogP contribution in [0.1, 0.15) is 67.8 Å². The van der Waals surface area contributed by atoms with E-state index in [1.54, 1.807) is 24.5 Å². The van der Waals surface area contributed by atoms with Crippen LogP contribution in [0.15, 0.2) is 36.7 Å². The fourth-order valence-electron chi connectivity index (χ4n) is 3.16. The number of aryl methyl sites for hydroxylation is 1. The van der Waals surface area contributed by atoms with Gasteiger partial charge in [-0.05, 0) is 58.7 Å². The van der Waals surface area contributed by atoms with Crippen molar-refractivity contribution in [1.29, 1.82) is 0 Å². The molecule has 0 radical (unpaired) electrons. The summed E-state index contributed by atoms with van der Waals surface area (Å²) in [6.07, 6.45) is 4.31. The van der Waals surface area contributed by atoms with Gasteiger partial charge in [0, 0.05) is 29.5 Å². The number of hydrogen-bond acceptors (Lipinski definition) is 4. The summed E-state index contributed by atoms with van der Waals surface area (Å²) >= 11 is 0. The summed E-state index contributed by atoms with van der Waals surface area (Å²) in [6.45, 7) is 12.0. The molecule has 158 valence electrons. The average molecular weight is 408 g/mol. The van der Waals surface area contributed by atoms with Crippen molar-refractivity contribution in [3.05, 3.63) is 53.3 Å². The van der Waals surface area contributed by atoms with E-state index in [-0.39, 0.29) is 29.3 Å². The van der Waals surface area contributed by atoms with E-state index in [1.165, 1.54) is 5.56 Å². The van der Waals surface area contributed by atoms with Crippen LogP contribution in [0.2, 0.25) is 0 Å². The van der Waals surface area contributed by atoms with Gasteiger partial charge in [-0.3, -0.25) is 14.9 Å². The number of rotatable bonds is 5. The largest absolute Gasteiger partial charge is 0.350 e. The average Bonchev–Trinajstić information content (AvgIpc) is 3.07. The molecule has 0 saturated carbocycles. The molecular weight excluding hydrogens is 378 g/mol. The summed E-state index contributed by atoms with van der Waals surface area (Å²) in [5.41, 5.74) is 2.52. The first-order chi connectivity index (χ1) is 14.1. The molecule has 3 rings (SSSR count). The molecule has 0 aliphatic heterocycles. The van der Waals surface area contributed by atoms with Crippen LogP contribution in [0, 0.1) is 0 Å². The first-order valence-corrected chi connectivity index (χ1v) is 10.2. The van der Waals surface area contributed by atoms with Crippen LogP contribution in [0.4, 0.5) is 5.95 Å². The quantitative estimate of drug-likeness (QED) is 0.665. The molecule has 0 aliphatic rings. The summed E-state index contributed by atoms with van der Waals surface area (Å²) in [4.78, 5) is 34.1. The number of aromatic nitrogens is 3. The molecule has 2 N–H and O–H groups in total. The van der Waals surface area contributed by atoms with Crippen molar-refractivity contribution in [2.45, 2.75) is 59.5 Å². The van der Waals surface area contributed by atoms with Gasteiger partial charge in [0.2, 0.25) is 5.95 Å². The van der Waals surface area contributed by atoms with Crippen LogP contribution < -0.4 is 10.6 Å². The highest BCUT2D eigenvalue weighted by Gasteiger charge is 2.24. The second-order valence-electron chi connectivity index (χ2n) is 8.65. The Morgan fingerprint density at radius 3 is 2.33 bits per heavy atom. The highest BCUT2D eigenvalue weighted by Crippen LogP contribution is 2.27. The van der Waals surface area contributed by atoms with Gasteiger partial charge in [0.25, 0.3) is 11.8 Å². The Morgan fingerprint density at radius 2 is 1.77 bits per heavy atom. The highest BCUT2D eigenvalue weighted by molar-refractivity contribution is 6.07. The number of benzene rings is 1. The minimum absolute atomic E-state index is 0.0177. The Kier molecular flexibility index (Phi) is 5.92. The fourth-order valence-corrected chi connectivity index (χ4v) is 3.16. The van der Waals surface area contributed by atoms with Crippen molar-refractivity contribution in [2.24, 2.45) is 0 Å². The van der Waals surface area contributed by atoms with Crippen molar-refractivity contribution in [2.75, 3.05) is 5.32 Å². The maximum absolute atomic E-state index is 12.7. The monoisotopic (exact) mass is 407 g/mol. The lowest BCUT2D eigenvalue weighted by atomic mass is 10.1. The van der Waals surface area contributed by atoms with E-state index < -0.39 is 0 Å². The second kappa shape index (κ2) is 8.26. The molecule has 2 heterocycles. The second-order valence-corrected chi connectivity index (χ2v) is 8.65. The van der Waals surface area contributed by atoms with Crippen molar-refractivity contribution in [3.63, 3.8) is 0 Å². The molecule has 30 heavy (non-hydrogen) atoms. The molecule has 7 nitrogen and oxygen atoms in total. The summed E-state index contributed by atoms with van der Waals surface area (Å²) in [6, 6.07) is 7.47. The molecule has 0 aliphatic carbocycles.